The van der Waals surface area contributed by atoms with Gasteiger partial charge in [-0.15, -0.1) is 0 Å². The first-order chi connectivity index (χ1) is 15.7. The van der Waals surface area contributed by atoms with Crippen LogP contribution in [0, 0.1) is 0 Å². The number of nitrogens with one attached hydrogen (secondary N) is 3. The maximum absolute atomic E-state index is 12.5. The van der Waals surface area contributed by atoms with Gasteiger partial charge in [-0.05, 0) is 30.3 Å². The fraction of sp³-hybridized carbons (Fsp3) is 0.200. The Balaban J connectivity index is 1.40. The zero-order valence-electron chi connectivity index (χ0n) is 16.9. The van der Waals surface area contributed by atoms with Gasteiger partial charge in [0.15, 0.2) is 12.3 Å². The number of rotatable bonds is 9. The first kappa shape index (κ1) is 23.8. The van der Waals surface area contributed by atoms with Gasteiger partial charge in [-0.25, -0.2) is 8.42 Å². The average Bonchev–Trinajstić information content (AvgIpc) is 3.22. The van der Waals surface area contributed by atoms with Gasteiger partial charge in [0.1, 0.15) is 0 Å². The molecule has 0 aliphatic carbocycles. The molecule has 3 rings (SSSR count). The number of amides is 2. The number of alkyl halides is 2. The fourth-order valence-corrected chi connectivity index (χ4v) is 3.47. The number of carbonyl (C=O) groups is 3. The minimum atomic E-state index is -4.74. The fourth-order valence-electron chi connectivity index (χ4n) is 2.74. The van der Waals surface area contributed by atoms with Crippen LogP contribution in [-0.2, 0) is 24.2 Å². The molecular weight excluding hydrogens is 462 g/mol. The Morgan fingerprint density at radius 3 is 2.45 bits per heavy atom. The van der Waals surface area contributed by atoms with E-state index in [1.807, 2.05) is 0 Å². The van der Waals surface area contributed by atoms with Crippen LogP contribution >= 0.6 is 0 Å². The van der Waals surface area contributed by atoms with Crippen molar-refractivity contribution in [3.8, 4) is 0 Å². The van der Waals surface area contributed by atoms with E-state index in [0.717, 1.165) is 24.3 Å². The molecule has 2 amide bonds. The van der Waals surface area contributed by atoms with Crippen molar-refractivity contribution in [2.75, 3.05) is 18.5 Å². The number of ether oxygens (including phenoxy) is 1. The number of hydrogen-bond acceptors (Lipinski definition) is 7. The van der Waals surface area contributed by atoms with Gasteiger partial charge in [-0.3, -0.25) is 19.5 Å². The Labute approximate surface area is 186 Å². The minimum Gasteiger partial charge on any atom is -0.456 e. The smallest absolute Gasteiger partial charge is 0.341 e. The normalized spacial score (nSPS) is 11.4. The predicted octanol–water partition coefficient (Wildman–Crippen LogP) is 1.86. The number of sulfone groups is 1. The molecule has 0 unspecified atom stereocenters. The Hall–Kier alpha value is -3.87. The maximum atomic E-state index is 12.5. The second-order valence-electron chi connectivity index (χ2n) is 6.66. The summed E-state index contributed by atoms with van der Waals surface area (Å²) in [6.07, 6.45) is -0.193. The van der Waals surface area contributed by atoms with Crippen LogP contribution in [-0.4, -0.2) is 55.3 Å². The number of esters is 1. The molecule has 0 atom stereocenters. The van der Waals surface area contributed by atoms with E-state index in [9.17, 15) is 31.6 Å². The van der Waals surface area contributed by atoms with Crippen molar-refractivity contribution in [2.45, 2.75) is 17.1 Å². The van der Waals surface area contributed by atoms with E-state index >= 15 is 0 Å². The van der Waals surface area contributed by atoms with Gasteiger partial charge < -0.3 is 15.4 Å². The van der Waals surface area contributed by atoms with Crippen LogP contribution < -0.4 is 10.6 Å². The minimum absolute atomic E-state index is 0.0411. The van der Waals surface area contributed by atoms with E-state index in [-0.39, 0.29) is 24.3 Å². The van der Waals surface area contributed by atoms with Crippen molar-refractivity contribution in [2.24, 2.45) is 0 Å². The van der Waals surface area contributed by atoms with Crippen molar-refractivity contribution in [1.29, 1.82) is 0 Å². The molecule has 0 bridgehead atoms. The van der Waals surface area contributed by atoms with Gasteiger partial charge >= 0.3 is 11.7 Å². The number of aromatic amines is 1. The standard InChI is InChI=1S/C20H18F2N4O6S/c21-20(22)33(30,31)13-7-5-12(6-8-13)24-16(27)11-32-17(28)9-10-23-19(29)18-14-3-1-2-4-15(14)25-26-18/h1-8,20H,9-11H2,(H,23,29)(H,24,27)(H,25,26). The second-order valence-corrected chi connectivity index (χ2v) is 8.58. The molecule has 10 nitrogen and oxygen atoms in total. The van der Waals surface area contributed by atoms with Crippen molar-refractivity contribution < 1.29 is 36.3 Å². The largest absolute Gasteiger partial charge is 0.456 e. The third-order valence-electron chi connectivity index (χ3n) is 4.37. The number of para-hydroxylation sites is 1. The molecular formula is C20H18F2N4O6S. The number of H-pyrrole nitrogens is 1. The van der Waals surface area contributed by atoms with E-state index in [0.29, 0.717) is 10.9 Å². The van der Waals surface area contributed by atoms with Crippen molar-refractivity contribution >= 4 is 44.2 Å². The van der Waals surface area contributed by atoms with Crippen LogP contribution in [0.25, 0.3) is 10.9 Å². The lowest BCUT2D eigenvalue weighted by Crippen LogP contribution is -2.28. The summed E-state index contributed by atoms with van der Waals surface area (Å²) in [5.74, 6) is -5.49. The first-order valence-electron chi connectivity index (χ1n) is 9.47. The number of nitrogens with zero attached hydrogens (tertiary/aromatic N) is 1. The summed E-state index contributed by atoms with van der Waals surface area (Å²) < 4.78 is 52.6. The molecule has 0 aliphatic rings. The first-order valence-corrected chi connectivity index (χ1v) is 11.0. The Morgan fingerprint density at radius 2 is 1.76 bits per heavy atom. The third kappa shape index (κ3) is 5.88. The Morgan fingerprint density at radius 1 is 1.06 bits per heavy atom. The topological polar surface area (TPSA) is 147 Å². The van der Waals surface area contributed by atoms with Crippen LogP contribution in [0.5, 0.6) is 0 Å². The molecule has 1 heterocycles. The zero-order valence-corrected chi connectivity index (χ0v) is 17.7. The quantitative estimate of drug-likeness (QED) is 0.396. The second kappa shape index (κ2) is 10.2. The molecule has 0 saturated carbocycles. The molecule has 0 radical (unpaired) electrons. The van der Waals surface area contributed by atoms with E-state index in [2.05, 4.69) is 20.8 Å². The lowest BCUT2D eigenvalue weighted by molar-refractivity contribution is -0.147. The van der Waals surface area contributed by atoms with Crippen molar-refractivity contribution in [3.05, 3.63) is 54.2 Å². The molecule has 3 N–H and O–H groups in total. The summed E-state index contributed by atoms with van der Waals surface area (Å²) in [5, 5.41) is 12.2. The van der Waals surface area contributed by atoms with Crippen LogP contribution in [0.1, 0.15) is 16.9 Å². The molecule has 2 aromatic carbocycles. The van der Waals surface area contributed by atoms with Gasteiger partial charge in [0, 0.05) is 17.6 Å². The molecule has 1 aromatic heterocycles. The number of aromatic nitrogens is 2. The zero-order chi connectivity index (χ0) is 24.0. The van der Waals surface area contributed by atoms with Crippen LogP contribution in [0.3, 0.4) is 0 Å². The lowest BCUT2D eigenvalue weighted by atomic mass is 10.2. The van der Waals surface area contributed by atoms with E-state index in [1.54, 1.807) is 24.3 Å². The summed E-state index contributed by atoms with van der Waals surface area (Å²) in [4.78, 5) is 35.3. The summed E-state index contributed by atoms with van der Waals surface area (Å²) >= 11 is 0. The molecule has 13 heteroatoms. The number of hydrogen-bond donors (Lipinski definition) is 3. The third-order valence-corrected chi connectivity index (χ3v) is 5.76. The number of anilines is 1. The summed E-state index contributed by atoms with van der Waals surface area (Å²) in [6, 6.07) is 11.2. The highest BCUT2D eigenvalue weighted by Gasteiger charge is 2.26. The van der Waals surface area contributed by atoms with Gasteiger partial charge in [-0.1, -0.05) is 18.2 Å². The molecule has 0 saturated heterocycles. The van der Waals surface area contributed by atoms with Gasteiger partial charge in [0.2, 0.25) is 9.84 Å². The van der Waals surface area contributed by atoms with E-state index in [1.165, 1.54) is 0 Å². The Bertz CT molecular complexity index is 1280. The Kier molecular flexibility index (Phi) is 7.33. The maximum Gasteiger partial charge on any atom is 0.341 e. The van der Waals surface area contributed by atoms with Gasteiger partial charge in [-0.2, -0.15) is 13.9 Å². The highest BCUT2D eigenvalue weighted by molar-refractivity contribution is 7.91. The van der Waals surface area contributed by atoms with E-state index < -0.39 is 44.9 Å². The van der Waals surface area contributed by atoms with Crippen molar-refractivity contribution in [1.82, 2.24) is 15.5 Å². The van der Waals surface area contributed by atoms with E-state index in [4.69, 9.17) is 4.74 Å². The molecule has 0 aliphatic heterocycles. The average molecular weight is 480 g/mol. The molecule has 33 heavy (non-hydrogen) atoms. The SMILES string of the molecule is O=C(COC(=O)CCNC(=O)c1n[nH]c2ccccc12)Nc1ccc(S(=O)(=O)C(F)F)cc1. The number of fused-ring (bicyclic) bond motifs is 1. The van der Waals surface area contributed by atoms with Crippen molar-refractivity contribution in [3.63, 3.8) is 0 Å². The molecule has 3 aromatic rings. The van der Waals surface area contributed by atoms with Crippen LogP contribution in [0.15, 0.2) is 53.4 Å². The van der Waals surface area contributed by atoms with Gasteiger partial charge in [0.05, 0.1) is 16.8 Å². The molecule has 0 spiro atoms. The molecule has 0 fully saturated rings. The molecule has 174 valence electrons. The number of benzene rings is 2. The summed E-state index contributed by atoms with van der Waals surface area (Å²) in [6.45, 7) is -0.672. The number of carbonyl (C=O) groups excluding carboxylic acids is 3. The predicted molar refractivity (Wildman–Crippen MR) is 112 cm³/mol. The summed E-state index contributed by atoms with van der Waals surface area (Å²) in [7, 11) is -4.74. The summed E-state index contributed by atoms with van der Waals surface area (Å²) in [5.41, 5.74) is 1.01. The van der Waals surface area contributed by atoms with Crippen LogP contribution in [0.4, 0.5) is 14.5 Å². The van der Waals surface area contributed by atoms with Crippen LogP contribution in [0.2, 0.25) is 0 Å². The monoisotopic (exact) mass is 480 g/mol. The lowest BCUT2D eigenvalue weighted by Gasteiger charge is -2.08. The van der Waals surface area contributed by atoms with Gasteiger partial charge in [0.25, 0.3) is 11.8 Å². The highest BCUT2D eigenvalue weighted by Crippen LogP contribution is 2.20. The highest BCUT2D eigenvalue weighted by atomic mass is 32.2. The number of halogens is 2.